The van der Waals surface area contributed by atoms with Crippen molar-refractivity contribution in [1.82, 2.24) is 25.5 Å². The number of hydrogen-bond donors (Lipinski definition) is 3. The maximum atomic E-state index is 12.6. The average molecular weight is 414 g/mol. The number of ether oxygens (including phenoxy) is 1. The molecule has 28 heavy (non-hydrogen) atoms. The first-order chi connectivity index (χ1) is 13.0. The lowest BCUT2D eigenvalue weighted by atomic mass is 9.98. The summed E-state index contributed by atoms with van der Waals surface area (Å²) in [7, 11) is 0. The van der Waals surface area contributed by atoms with Gasteiger partial charge in [0.05, 0.1) is 5.69 Å². The number of H-pyrrole nitrogens is 1. The first-order valence-electron chi connectivity index (χ1n) is 9.79. The first kappa shape index (κ1) is 22.5. The van der Waals surface area contributed by atoms with Gasteiger partial charge in [-0.2, -0.15) is 0 Å². The number of nitrogens with zero attached hydrogens (tertiary/aromatic N) is 2. The smallest absolute Gasteiger partial charge is 0.410 e. The summed E-state index contributed by atoms with van der Waals surface area (Å²) in [6.45, 7) is 12.5. The van der Waals surface area contributed by atoms with Crippen molar-refractivity contribution in [2.75, 3.05) is 13.1 Å². The second-order valence-electron chi connectivity index (χ2n) is 8.43. The molecular weight excluding hydrogens is 382 g/mol. The molecule has 1 fully saturated rings. The summed E-state index contributed by atoms with van der Waals surface area (Å²) in [4.78, 5) is 33.8. The third-order valence-electron chi connectivity index (χ3n) is 4.43. The summed E-state index contributed by atoms with van der Waals surface area (Å²) in [6, 6.07) is -0.0309. The third-order valence-corrected chi connectivity index (χ3v) is 4.74. The predicted octanol–water partition coefficient (Wildman–Crippen LogP) is 2.73. The molecule has 0 radical (unpaired) electrons. The summed E-state index contributed by atoms with van der Waals surface area (Å²) in [5.41, 5.74) is 0.196. The molecule has 0 unspecified atom stereocenters. The Balaban J connectivity index is 2.06. The van der Waals surface area contributed by atoms with Gasteiger partial charge in [0.15, 0.2) is 11.0 Å². The van der Waals surface area contributed by atoms with Crippen LogP contribution in [0.3, 0.4) is 0 Å². The van der Waals surface area contributed by atoms with Gasteiger partial charge in [0.1, 0.15) is 5.60 Å². The SMILES string of the molecule is CCc1[nH]c(C(=O)N[C@H]2CCN(C(=O)OC(C)(C)C)C[C@H]2NC(C)C)nc1Cl. The fraction of sp³-hybridized carbons (Fsp3) is 0.737. The molecule has 1 aromatic rings. The number of imidazole rings is 1. The molecule has 2 amide bonds. The van der Waals surface area contributed by atoms with Gasteiger partial charge >= 0.3 is 6.09 Å². The van der Waals surface area contributed by atoms with Crippen LogP contribution in [0.1, 0.15) is 64.3 Å². The second-order valence-corrected chi connectivity index (χ2v) is 8.79. The maximum absolute atomic E-state index is 12.6. The van der Waals surface area contributed by atoms with Crippen LogP contribution >= 0.6 is 11.6 Å². The highest BCUT2D eigenvalue weighted by Gasteiger charge is 2.35. The van der Waals surface area contributed by atoms with E-state index in [0.717, 1.165) is 5.69 Å². The molecular formula is C19H32ClN5O3. The molecule has 1 aromatic heterocycles. The van der Waals surface area contributed by atoms with E-state index in [2.05, 4.69) is 20.6 Å². The second kappa shape index (κ2) is 9.13. The summed E-state index contributed by atoms with van der Waals surface area (Å²) in [5.74, 6) is -0.0902. The van der Waals surface area contributed by atoms with Crippen LogP contribution in [0, 0.1) is 0 Å². The van der Waals surface area contributed by atoms with E-state index >= 15 is 0 Å². The monoisotopic (exact) mass is 413 g/mol. The molecule has 0 aromatic carbocycles. The Hall–Kier alpha value is -1.80. The average Bonchev–Trinajstić information content (AvgIpc) is 2.95. The largest absolute Gasteiger partial charge is 0.444 e. The number of hydrogen-bond acceptors (Lipinski definition) is 5. The van der Waals surface area contributed by atoms with Crippen LogP contribution in [-0.2, 0) is 11.2 Å². The van der Waals surface area contributed by atoms with Crippen molar-refractivity contribution in [2.24, 2.45) is 0 Å². The standard InChI is InChI=1S/C19H32ClN5O3/c1-7-12-15(20)24-16(22-12)17(26)23-13-8-9-25(10-14(13)21-11(2)3)18(27)28-19(4,5)6/h11,13-14,21H,7-10H2,1-6H3,(H,22,24)(H,23,26)/t13-,14+/m0/s1. The van der Waals surface area contributed by atoms with Crippen molar-refractivity contribution in [1.29, 1.82) is 0 Å². The van der Waals surface area contributed by atoms with E-state index in [1.807, 2.05) is 41.5 Å². The molecule has 0 aliphatic carbocycles. The quantitative estimate of drug-likeness (QED) is 0.689. The number of nitrogens with one attached hydrogen (secondary N) is 3. The van der Waals surface area contributed by atoms with Gasteiger partial charge in [0, 0.05) is 31.2 Å². The lowest BCUT2D eigenvalue weighted by molar-refractivity contribution is 0.0159. The van der Waals surface area contributed by atoms with Crippen molar-refractivity contribution in [2.45, 2.75) is 78.1 Å². The number of aromatic amines is 1. The minimum atomic E-state index is -0.543. The van der Waals surface area contributed by atoms with Gasteiger partial charge in [-0.15, -0.1) is 0 Å². The summed E-state index contributed by atoms with van der Waals surface area (Å²) in [6.07, 6.45) is 0.952. The highest BCUT2D eigenvalue weighted by Crippen LogP contribution is 2.18. The fourth-order valence-electron chi connectivity index (χ4n) is 3.18. The van der Waals surface area contributed by atoms with Crippen LogP contribution in [0.25, 0.3) is 0 Å². The zero-order valence-corrected chi connectivity index (χ0v) is 18.3. The summed E-state index contributed by atoms with van der Waals surface area (Å²) in [5, 5.41) is 6.80. The van der Waals surface area contributed by atoms with E-state index in [4.69, 9.17) is 16.3 Å². The number of likely N-dealkylation sites (tertiary alicyclic amines) is 1. The van der Waals surface area contributed by atoms with Gasteiger partial charge in [0.2, 0.25) is 0 Å². The molecule has 1 saturated heterocycles. The Kier molecular flexibility index (Phi) is 7.33. The van der Waals surface area contributed by atoms with Gasteiger partial charge in [-0.05, 0) is 33.6 Å². The van der Waals surface area contributed by atoms with Crippen molar-refractivity contribution in [3.8, 4) is 0 Å². The van der Waals surface area contributed by atoms with Crippen LogP contribution in [0.15, 0.2) is 0 Å². The van der Waals surface area contributed by atoms with E-state index in [9.17, 15) is 9.59 Å². The van der Waals surface area contributed by atoms with Crippen LogP contribution in [0.4, 0.5) is 4.79 Å². The van der Waals surface area contributed by atoms with Crippen molar-refractivity contribution in [3.05, 3.63) is 16.7 Å². The van der Waals surface area contributed by atoms with Crippen molar-refractivity contribution >= 4 is 23.6 Å². The molecule has 1 aliphatic rings. The van der Waals surface area contributed by atoms with E-state index in [-0.39, 0.29) is 36.0 Å². The number of aromatic nitrogens is 2. The molecule has 2 atom stereocenters. The molecule has 0 spiro atoms. The highest BCUT2D eigenvalue weighted by atomic mass is 35.5. The molecule has 8 nitrogen and oxygen atoms in total. The number of amides is 2. The molecule has 0 saturated carbocycles. The molecule has 2 rings (SSSR count). The van der Waals surface area contributed by atoms with Crippen LogP contribution in [-0.4, -0.2) is 63.7 Å². The minimum absolute atomic E-state index is 0.0960. The van der Waals surface area contributed by atoms with E-state index in [1.165, 1.54) is 0 Å². The zero-order chi connectivity index (χ0) is 21.1. The van der Waals surface area contributed by atoms with E-state index < -0.39 is 5.60 Å². The van der Waals surface area contributed by atoms with Gasteiger partial charge < -0.3 is 25.3 Å². The van der Waals surface area contributed by atoms with Gasteiger partial charge in [-0.1, -0.05) is 32.4 Å². The number of carbonyl (C=O) groups is 2. The Bertz CT molecular complexity index is 698. The van der Waals surface area contributed by atoms with Crippen molar-refractivity contribution in [3.63, 3.8) is 0 Å². The molecule has 3 N–H and O–H groups in total. The first-order valence-corrected chi connectivity index (χ1v) is 10.2. The number of halogens is 1. The van der Waals surface area contributed by atoms with E-state index in [1.54, 1.807) is 4.90 Å². The van der Waals surface area contributed by atoms with Crippen molar-refractivity contribution < 1.29 is 14.3 Å². The minimum Gasteiger partial charge on any atom is -0.444 e. The number of piperidine rings is 1. The third kappa shape index (κ3) is 6.10. The van der Waals surface area contributed by atoms with Gasteiger partial charge in [-0.3, -0.25) is 4.79 Å². The van der Waals surface area contributed by atoms with E-state index in [0.29, 0.717) is 31.1 Å². The summed E-state index contributed by atoms with van der Waals surface area (Å²) >= 11 is 6.04. The Morgan fingerprint density at radius 3 is 2.57 bits per heavy atom. The Labute approximate surface area is 171 Å². The van der Waals surface area contributed by atoms with Crippen LogP contribution in [0.2, 0.25) is 5.15 Å². The highest BCUT2D eigenvalue weighted by molar-refractivity contribution is 6.30. The molecule has 2 heterocycles. The molecule has 1 aliphatic heterocycles. The van der Waals surface area contributed by atoms with Crippen LogP contribution < -0.4 is 10.6 Å². The topological polar surface area (TPSA) is 99.4 Å². The predicted molar refractivity (Wildman–Crippen MR) is 109 cm³/mol. The molecule has 9 heteroatoms. The number of rotatable bonds is 5. The maximum Gasteiger partial charge on any atom is 0.410 e. The Morgan fingerprint density at radius 2 is 2.04 bits per heavy atom. The fourth-order valence-corrected chi connectivity index (χ4v) is 3.45. The number of carbonyl (C=O) groups excluding carboxylic acids is 2. The lowest BCUT2D eigenvalue weighted by Crippen LogP contribution is -2.61. The Morgan fingerprint density at radius 1 is 1.36 bits per heavy atom. The van der Waals surface area contributed by atoms with Crippen LogP contribution in [0.5, 0.6) is 0 Å². The summed E-state index contributed by atoms with van der Waals surface area (Å²) < 4.78 is 5.49. The lowest BCUT2D eigenvalue weighted by Gasteiger charge is -2.40. The molecule has 158 valence electrons. The molecule has 0 bridgehead atoms. The normalized spacial score (nSPS) is 20.4. The van der Waals surface area contributed by atoms with Gasteiger partial charge in [0.25, 0.3) is 5.91 Å². The number of aryl methyl sites for hydroxylation is 1. The zero-order valence-electron chi connectivity index (χ0n) is 17.6. The van der Waals surface area contributed by atoms with Gasteiger partial charge in [-0.25, -0.2) is 9.78 Å².